The van der Waals surface area contributed by atoms with Crippen LogP contribution in [-0.2, 0) is 32.7 Å². The van der Waals surface area contributed by atoms with Crippen molar-refractivity contribution in [2.45, 2.75) is 0 Å². The first-order valence-corrected chi connectivity index (χ1v) is 0. The summed E-state index contributed by atoms with van der Waals surface area (Å²) in [4.78, 5) is 0. The normalized spacial score (nSPS) is 0. The van der Waals surface area contributed by atoms with Crippen molar-refractivity contribution in [2.75, 3.05) is 0 Å². The average Bonchev–Trinajstić information content (AvgIpc) is 0. The Morgan fingerprint density at radius 2 is 0.375 bits per heavy atom. The van der Waals surface area contributed by atoms with Crippen LogP contribution in [-0.4, -0.2) is 0 Å². The maximum absolute atomic E-state index is 0. The number of halogens is 6. The van der Waals surface area contributed by atoms with Crippen molar-refractivity contribution in [1.29, 1.82) is 0 Å². The van der Waals surface area contributed by atoms with Gasteiger partial charge in [-0.2, -0.15) is 0 Å². The molecule has 0 rings (SSSR count). The van der Waals surface area contributed by atoms with Crippen LogP contribution in [0.1, 0.15) is 0 Å². The summed E-state index contributed by atoms with van der Waals surface area (Å²) >= 11 is 0. The van der Waals surface area contributed by atoms with E-state index in [4.69, 9.17) is 0 Å². The summed E-state index contributed by atoms with van der Waals surface area (Å²) < 4.78 is 0. The molecule has 0 amide bonds. The third kappa shape index (κ3) is 49.9. The van der Waals surface area contributed by atoms with Crippen molar-refractivity contribution in [1.82, 2.24) is 0 Å². The van der Waals surface area contributed by atoms with Crippen LogP contribution in [0.25, 0.3) is 0 Å². The Kier molecular flexibility index (Phi) is 754. The van der Waals surface area contributed by atoms with E-state index in [-0.39, 0.29) is 144 Å². The van der Waals surface area contributed by atoms with Crippen molar-refractivity contribution in [3.63, 3.8) is 0 Å². The van der Waals surface area contributed by atoms with Gasteiger partial charge in [-0.25, -0.2) is 0 Å². The largest absolute Gasteiger partial charge is 3.00 e. The minimum absolute atomic E-state index is 0. The van der Waals surface area contributed by atoms with Gasteiger partial charge in [0.1, 0.15) is 0 Å². The van der Waals surface area contributed by atoms with Crippen LogP contribution >= 0.6 is 0 Å². The van der Waals surface area contributed by atoms with Crippen LogP contribution in [0.2, 0.25) is 0 Å². The fraction of sp³-hybridized carbons (Fsp3) is 0. The molecule has 0 saturated heterocycles. The molecule has 0 aromatic rings. The molecule has 0 spiro atoms. The van der Waals surface area contributed by atoms with Crippen molar-refractivity contribution >= 4 is 0 Å². The van der Waals surface area contributed by atoms with Crippen molar-refractivity contribution < 1.29 is 144 Å². The summed E-state index contributed by atoms with van der Waals surface area (Å²) in [6.45, 7) is 0. The van der Waals surface area contributed by atoms with E-state index in [0.717, 1.165) is 0 Å². The van der Waals surface area contributed by atoms with Gasteiger partial charge in [-0.15, -0.1) is 0 Å². The van der Waals surface area contributed by atoms with Gasteiger partial charge in [0.25, 0.3) is 0 Å². The molecule has 8 heavy (non-hydrogen) atoms. The topological polar surface area (TPSA) is 0 Å². The molecule has 0 saturated carbocycles. The Balaban J connectivity index is 0. The van der Waals surface area contributed by atoms with Gasteiger partial charge in [-0.1, -0.05) is 0 Å². The molecule has 0 radical (unpaired) electrons. The maximum atomic E-state index is 0. The second kappa shape index (κ2) is 67.7. The Labute approximate surface area is 141 Å². The summed E-state index contributed by atoms with van der Waals surface area (Å²) in [6, 6.07) is 0. The fourth-order valence-corrected chi connectivity index (χ4v) is 0. The molecule has 8 heteroatoms. The molecule has 0 aromatic carbocycles. The Hall–Kier alpha value is 4.08. The molecular weight excluding hydrogens is 477 g/mol. The van der Waals surface area contributed by atoms with Crippen LogP contribution in [0, 0.1) is 36.9 Å². The Morgan fingerprint density at radius 1 is 0.375 bits per heavy atom. The quantitative estimate of drug-likeness (QED) is 0.326. The van der Waals surface area contributed by atoms with E-state index >= 15 is 0 Å². The van der Waals surface area contributed by atoms with E-state index in [1.54, 1.807) is 0 Å². The number of rotatable bonds is 0. The van der Waals surface area contributed by atoms with Crippen LogP contribution in [0.3, 0.4) is 0 Å². The number of hydrogen-bond acceptors (Lipinski definition) is 0. The zero-order valence-electron chi connectivity index (χ0n) is 3.10. The Bertz CT molecular complexity index is 8.49. The van der Waals surface area contributed by atoms with Crippen molar-refractivity contribution in [3.8, 4) is 0 Å². The van der Waals surface area contributed by atoms with Gasteiger partial charge in [0.2, 0.25) is 0 Å². The summed E-state index contributed by atoms with van der Waals surface area (Å²) in [7, 11) is 0. The average molecular weight is 477 g/mol. The predicted molar refractivity (Wildman–Crippen MR) is 0 cm³/mol. The SMILES string of the molecule is [Cl-].[Cl-].[Cl-].[Cl-].[Cl-].[Cl-].[Lu+3].[Y+3]. The molecule has 0 aliphatic carbocycles. The van der Waals surface area contributed by atoms with E-state index in [0.29, 0.717) is 0 Å². The molecular formula is Cl6LuY. The smallest absolute Gasteiger partial charge is 1.00 e. The molecule has 0 heterocycles. The molecule has 0 aromatic heterocycles. The maximum Gasteiger partial charge on any atom is 3.00 e. The Morgan fingerprint density at radius 3 is 0.375 bits per heavy atom. The van der Waals surface area contributed by atoms with E-state index in [9.17, 15) is 0 Å². The monoisotopic (exact) mass is 474 g/mol. The second-order valence-electron chi connectivity index (χ2n) is 0. The first-order valence-electron chi connectivity index (χ1n) is 0. The van der Waals surface area contributed by atoms with Gasteiger partial charge < -0.3 is 74.4 Å². The summed E-state index contributed by atoms with van der Waals surface area (Å²) in [6.07, 6.45) is 0. The summed E-state index contributed by atoms with van der Waals surface area (Å²) in [5.41, 5.74) is 0. The van der Waals surface area contributed by atoms with Crippen molar-refractivity contribution in [2.24, 2.45) is 0 Å². The van der Waals surface area contributed by atoms with Crippen LogP contribution < -0.4 is 74.4 Å². The second-order valence-corrected chi connectivity index (χ2v) is 0. The summed E-state index contributed by atoms with van der Waals surface area (Å²) in [5, 5.41) is 0. The van der Waals surface area contributed by atoms with E-state index in [1.807, 2.05) is 0 Å². The zero-order chi connectivity index (χ0) is 0. The standard InChI is InChI=1S/6ClH.Lu.Y/h6*1H;;/q;;;;;;2*+3/p-6. The third-order valence-corrected chi connectivity index (χ3v) is 0. The van der Waals surface area contributed by atoms with E-state index in [2.05, 4.69) is 0 Å². The van der Waals surface area contributed by atoms with Gasteiger partial charge in [0.15, 0.2) is 0 Å². The molecule has 0 aliphatic heterocycles. The van der Waals surface area contributed by atoms with E-state index in [1.165, 1.54) is 0 Å². The molecule has 0 atom stereocenters. The molecule has 0 aliphatic rings. The molecule has 0 nitrogen and oxygen atoms in total. The number of hydrogen-bond donors (Lipinski definition) is 0. The zero-order valence-corrected chi connectivity index (χ0v) is 12.1. The predicted octanol–water partition coefficient (Wildman–Crippen LogP) is -18.0. The van der Waals surface area contributed by atoms with Gasteiger partial charge in [0, 0.05) is 0 Å². The van der Waals surface area contributed by atoms with Gasteiger partial charge in [-0.05, 0) is 0 Å². The van der Waals surface area contributed by atoms with E-state index < -0.39 is 0 Å². The minimum atomic E-state index is 0. The molecule has 0 N–H and O–H groups in total. The first-order chi connectivity index (χ1) is 0. The molecule has 0 unspecified atom stereocenters. The third-order valence-electron chi connectivity index (χ3n) is 0. The molecule has 0 fully saturated rings. The first kappa shape index (κ1) is 89.1. The fourth-order valence-electron chi connectivity index (χ4n) is 0. The summed E-state index contributed by atoms with van der Waals surface area (Å²) in [5.74, 6) is 0. The van der Waals surface area contributed by atoms with Crippen LogP contribution in [0.4, 0.5) is 0 Å². The molecule has 60 valence electrons. The van der Waals surface area contributed by atoms with Gasteiger partial charge in [-0.3, -0.25) is 0 Å². The molecule has 0 bridgehead atoms. The van der Waals surface area contributed by atoms with Gasteiger partial charge in [0.05, 0.1) is 0 Å². The van der Waals surface area contributed by atoms with Gasteiger partial charge >= 0.3 is 69.6 Å². The van der Waals surface area contributed by atoms with Crippen molar-refractivity contribution in [3.05, 3.63) is 0 Å². The van der Waals surface area contributed by atoms with Crippen LogP contribution in [0.15, 0.2) is 0 Å². The van der Waals surface area contributed by atoms with Crippen LogP contribution in [0.5, 0.6) is 0 Å². The minimum Gasteiger partial charge on any atom is -1.00 e.